The van der Waals surface area contributed by atoms with Gasteiger partial charge in [0.05, 0.1) is 12.2 Å². The smallest absolute Gasteiger partial charge is 0.0801 e. The third-order valence-electron chi connectivity index (χ3n) is 2.98. The zero-order valence-corrected chi connectivity index (χ0v) is 10.3. The summed E-state index contributed by atoms with van der Waals surface area (Å²) >= 11 is 0. The first-order valence-electron chi connectivity index (χ1n) is 6.09. The molecular formula is C12H26O4. The normalized spacial score (nSPS) is 19.1. The topological polar surface area (TPSA) is 80.9 Å². The molecular weight excluding hydrogens is 208 g/mol. The zero-order chi connectivity index (χ0) is 12.6. The van der Waals surface area contributed by atoms with Crippen molar-refractivity contribution in [3.05, 3.63) is 0 Å². The minimum Gasteiger partial charge on any atom is -0.396 e. The van der Waals surface area contributed by atoms with E-state index in [1.165, 1.54) is 0 Å². The van der Waals surface area contributed by atoms with E-state index in [2.05, 4.69) is 0 Å². The molecule has 0 saturated heterocycles. The standard InChI is InChI=1S/C12H26O4/c1-9(5-6-13)7-12(16)11(15)4-3-10(2)8-14/h9-16H,3-8H2,1-2H3. The summed E-state index contributed by atoms with van der Waals surface area (Å²) in [5, 5.41) is 36.9. The number of hydrogen-bond acceptors (Lipinski definition) is 4. The van der Waals surface area contributed by atoms with Gasteiger partial charge in [0.2, 0.25) is 0 Å². The van der Waals surface area contributed by atoms with Gasteiger partial charge in [-0.15, -0.1) is 0 Å². The molecule has 4 heteroatoms. The highest BCUT2D eigenvalue weighted by Crippen LogP contribution is 2.16. The Morgan fingerprint density at radius 3 is 1.94 bits per heavy atom. The summed E-state index contributed by atoms with van der Waals surface area (Å²) in [6, 6.07) is 0. The summed E-state index contributed by atoms with van der Waals surface area (Å²) < 4.78 is 0. The van der Waals surface area contributed by atoms with E-state index in [-0.39, 0.29) is 25.0 Å². The minimum absolute atomic E-state index is 0.115. The molecule has 0 aromatic carbocycles. The average Bonchev–Trinajstić information content (AvgIpc) is 2.25. The molecule has 0 aliphatic rings. The first-order chi connectivity index (χ1) is 7.51. The number of hydrogen-bond donors (Lipinski definition) is 4. The summed E-state index contributed by atoms with van der Waals surface area (Å²) in [5.41, 5.74) is 0. The fourth-order valence-corrected chi connectivity index (χ4v) is 1.65. The van der Waals surface area contributed by atoms with Crippen LogP contribution in [0.1, 0.15) is 39.5 Å². The van der Waals surface area contributed by atoms with Crippen molar-refractivity contribution in [2.75, 3.05) is 13.2 Å². The molecule has 0 saturated carbocycles. The van der Waals surface area contributed by atoms with Gasteiger partial charge < -0.3 is 20.4 Å². The van der Waals surface area contributed by atoms with E-state index in [4.69, 9.17) is 10.2 Å². The maximum atomic E-state index is 9.71. The molecule has 4 N–H and O–H groups in total. The second kappa shape index (κ2) is 8.93. The highest BCUT2D eigenvalue weighted by Gasteiger charge is 2.19. The van der Waals surface area contributed by atoms with Gasteiger partial charge in [0.1, 0.15) is 0 Å². The predicted molar refractivity (Wildman–Crippen MR) is 63.0 cm³/mol. The molecule has 4 atom stereocenters. The number of rotatable bonds is 9. The Balaban J connectivity index is 3.76. The highest BCUT2D eigenvalue weighted by molar-refractivity contribution is 4.71. The lowest BCUT2D eigenvalue weighted by molar-refractivity contribution is -0.00375. The van der Waals surface area contributed by atoms with Crippen molar-refractivity contribution in [2.24, 2.45) is 11.8 Å². The molecule has 0 aromatic rings. The molecule has 0 bridgehead atoms. The third-order valence-corrected chi connectivity index (χ3v) is 2.98. The fraction of sp³-hybridized carbons (Fsp3) is 1.00. The van der Waals surface area contributed by atoms with Crippen molar-refractivity contribution in [3.63, 3.8) is 0 Å². The summed E-state index contributed by atoms with van der Waals surface area (Å²) in [6.07, 6.45) is 0.923. The second-order valence-corrected chi connectivity index (χ2v) is 4.85. The van der Waals surface area contributed by atoms with Gasteiger partial charge in [-0.05, 0) is 37.5 Å². The van der Waals surface area contributed by atoms with Gasteiger partial charge in [0.25, 0.3) is 0 Å². The Morgan fingerprint density at radius 2 is 1.44 bits per heavy atom. The van der Waals surface area contributed by atoms with Crippen LogP contribution >= 0.6 is 0 Å². The maximum Gasteiger partial charge on any atom is 0.0801 e. The van der Waals surface area contributed by atoms with Gasteiger partial charge in [-0.25, -0.2) is 0 Å². The van der Waals surface area contributed by atoms with Gasteiger partial charge in [0, 0.05) is 13.2 Å². The minimum atomic E-state index is -0.729. The van der Waals surface area contributed by atoms with Crippen LogP contribution in [0.25, 0.3) is 0 Å². The second-order valence-electron chi connectivity index (χ2n) is 4.85. The lowest BCUT2D eigenvalue weighted by Gasteiger charge is -2.21. The van der Waals surface area contributed by atoms with Crippen molar-refractivity contribution < 1.29 is 20.4 Å². The molecule has 98 valence electrons. The van der Waals surface area contributed by atoms with E-state index in [0.717, 1.165) is 0 Å². The van der Waals surface area contributed by atoms with Crippen LogP contribution in [0, 0.1) is 11.8 Å². The van der Waals surface area contributed by atoms with Crippen LogP contribution in [0.3, 0.4) is 0 Å². The van der Waals surface area contributed by atoms with E-state index in [9.17, 15) is 10.2 Å². The van der Waals surface area contributed by atoms with E-state index < -0.39 is 12.2 Å². The zero-order valence-electron chi connectivity index (χ0n) is 10.3. The van der Waals surface area contributed by atoms with Gasteiger partial charge in [-0.2, -0.15) is 0 Å². The Hall–Kier alpha value is -0.160. The maximum absolute atomic E-state index is 9.71. The van der Waals surface area contributed by atoms with Crippen LogP contribution in [-0.2, 0) is 0 Å². The van der Waals surface area contributed by atoms with Crippen molar-refractivity contribution in [1.29, 1.82) is 0 Å². The van der Waals surface area contributed by atoms with Crippen LogP contribution in [0.15, 0.2) is 0 Å². The largest absolute Gasteiger partial charge is 0.396 e. The molecule has 4 nitrogen and oxygen atoms in total. The lowest BCUT2D eigenvalue weighted by Crippen LogP contribution is -2.28. The molecule has 0 aliphatic carbocycles. The summed E-state index contributed by atoms with van der Waals surface area (Å²) in [4.78, 5) is 0. The molecule has 0 fully saturated rings. The van der Waals surface area contributed by atoms with Crippen molar-refractivity contribution in [1.82, 2.24) is 0 Å². The highest BCUT2D eigenvalue weighted by atomic mass is 16.3. The molecule has 0 amide bonds. The van der Waals surface area contributed by atoms with Crippen LogP contribution in [0.5, 0.6) is 0 Å². The van der Waals surface area contributed by atoms with E-state index >= 15 is 0 Å². The summed E-state index contributed by atoms with van der Waals surface area (Å²) in [7, 11) is 0. The Morgan fingerprint density at radius 1 is 0.812 bits per heavy atom. The molecule has 0 rings (SSSR count). The fourth-order valence-electron chi connectivity index (χ4n) is 1.65. The third kappa shape index (κ3) is 7.17. The van der Waals surface area contributed by atoms with Crippen LogP contribution in [0.4, 0.5) is 0 Å². The first kappa shape index (κ1) is 15.8. The SMILES string of the molecule is CC(CO)CCC(O)C(O)CC(C)CCO. The van der Waals surface area contributed by atoms with Gasteiger partial charge in [0.15, 0.2) is 0 Å². The van der Waals surface area contributed by atoms with E-state index in [0.29, 0.717) is 25.7 Å². The van der Waals surface area contributed by atoms with Crippen molar-refractivity contribution in [3.8, 4) is 0 Å². The van der Waals surface area contributed by atoms with E-state index in [1.54, 1.807) is 0 Å². The molecule has 0 aromatic heterocycles. The van der Waals surface area contributed by atoms with Crippen molar-refractivity contribution >= 4 is 0 Å². The van der Waals surface area contributed by atoms with Crippen LogP contribution in [-0.4, -0.2) is 45.8 Å². The Kier molecular flexibility index (Phi) is 8.84. The molecule has 0 heterocycles. The Labute approximate surface area is 97.9 Å². The molecule has 16 heavy (non-hydrogen) atoms. The van der Waals surface area contributed by atoms with Gasteiger partial charge >= 0.3 is 0 Å². The first-order valence-corrected chi connectivity index (χ1v) is 6.09. The van der Waals surface area contributed by atoms with Crippen LogP contribution < -0.4 is 0 Å². The Bertz CT molecular complexity index is 163. The van der Waals surface area contributed by atoms with E-state index in [1.807, 2.05) is 13.8 Å². The average molecular weight is 234 g/mol. The quantitative estimate of drug-likeness (QED) is 0.469. The number of aliphatic hydroxyl groups is 4. The monoisotopic (exact) mass is 234 g/mol. The lowest BCUT2D eigenvalue weighted by atomic mass is 9.94. The van der Waals surface area contributed by atoms with Gasteiger partial charge in [-0.1, -0.05) is 13.8 Å². The number of aliphatic hydroxyl groups excluding tert-OH is 4. The summed E-state index contributed by atoms with van der Waals surface area (Å²) in [6.45, 7) is 4.09. The molecule has 0 spiro atoms. The summed E-state index contributed by atoms with van der Waals surface area (Å²) in [5.74, 6) is 0.377. The van der Waals surface area contributed by atoms with Gasteiger partial charge in [-0.3, -0.25) is 0 Å². The van der Waals surface area contributed by atoms with Crippen LogP contribution in [0.2, 0.25) is 0 Å². The van der Waals surface area contributed by atoms with Crippen molar-refractivity contribution in [2.45, 2.75) is 51.7 Å². The molecule has 0 aliphatic heterocycles. The molecule has 0 radical (unpaired) electrons. The predicted octanol–water partition coefficient (Wildman–Crippen LogP) is 0.525. The molecule has 4 unspecified atom stereocenters.